The Bertz CT molecular complexity index is 268. The first-order valence-electron chi connectivity index (χ1n) is 5.52. The summed E-state index contributed by atoms with van der Waals surface area (Å²) >= 11 is 0. The highest BCUT2D eigenvalue weighted by Gasteiger charge is 2.28. The topological polar surface area (TPSA) is 69.4 Å². The summed E-state index contributed by atoms with van der Waals surface area (Å²) in [4.78, 5) is 0. The molecule has 0 atom stereocenters. The molecule has 0 unspecified atom stereocenters. The minimum Gasteiger partial charge on any atom is -0.385 e. The Morgan fingerprint density at radius 1 is 1.27 bits per heavy atom. The van der Waals surface area contributed by atoms with Crippen LogP contribution in [0.5, 0.6) is 0 Å². The lowest BCUT2D eigenvalue weighted by Gasteiger charge is -2.25. The molecular formula is C10H21NO3S. The SMILES string of the molecule is COCCCS(=O)(=O)C1CCC(N)CC1. The fraction of sp³-hybridized carbons (Fsp3) is 1.00. The summed E-state index contributed by atoms with van der Waals surface area (Å²) in [6.07, 6.45) is 3.75. The van der Waals surface area contributed by atoms with Gasteiger partial charge in [0.05, 0.1) is 11.0 Å². The molecule has 4 nitrogen and oxygen atoms in total. The summed E-state index contributed by atoms with van der Waals surface area (Å²) in [5, 5.41) is -0.158. The van der Waals surface area contributed by atoms with Crippen LogP contribution >= 0.6 is 0 Å². The van der Waals surface area contributed by atoms with Gasteiger partial charge < -0.3 is 10.5 Å². The van der Waals surface area contributed by atoms with Crippen molar-refractivity contribution in [2.75, 3.05) is 19.5 Å². The highest BCUT2D eigenvalue weighted by atomic mass is 32.2. The summed E-state index contributed by atoms with van der Waals surface area (Å²) < 4.78 is 28.6. The van der Waals surface area contributed by atoms with E-state index in [1.807, 2.05) is 0 Å². The molecule has 1 saturated carbocycles. The third-order valence-electron chi connectivity index (χ3n) is 3.00. The fourth-order valence-corrected chi connectivity index (χ4v) is 3.86. The van der Waals surface area contributed by atoms with E-state index in [0.29, 0.717) is 13.0 Å². The zero-order valence-corrected chi connectivity index (χ0v) is 10.1. The maximum absolute atomic E-state index is 11.9. The van der Waals surface area contributed by atoms with E-state index in [0.717, 1.165) is 25.7 Å². The van der Waals surface area contributed by atoms with Crippen LogP contribution in [-0.2, 0) is 14.6 Å². The van der Waals surface area contributed by atoms with Crippen LogP contribution in [0, 0.1) is 0 Å². The number of rotatable bonds is 5. The Kier molecular flexibility index (Phi) is 5.02. The second kappa shape index (κ2) is 5.82. The molecule has 0 heterocycles. The van der Waals surface area contributed by atoms with Crippen molar-refractivity contribution in [2.24, 2.45) is 5.73 Å². The molecule has 0 bridgehead atoms. The molecule has 0 spiro atoms. The van der Waals surface area contributed by atoms with E-state index in [1.165, 1.54) is 0 Å². The third-order valence-corrected chi connectivity index (χ3v) is 5.35. The molecule has 0 aromatic heterocycles. The first-order valence-corrected chi connectivity index (χ1v) is 7.24. The number of hydrogen-bond donors (Lipinski definition) is 1. The lowest BCUT2D eigenvalue weighted by atomic mass is 9.96. The van der Waals surface area contributed by atoms with Crippen LogP contribution in [0.25, 0.3) is 0 Å². The van der Waals surface area contributed by atoms with Crippen molar-refractivity contribution in [1.82, 2.24) is 0 Å². The number of sulfone groups is 1. The van der Waals surface area contributed by atoms with Crippen LogP contribution < -0.4 is 5.73 Å². The molecule has 0 aliphatic heterocycles. The van der Waals surface area contributed by atoms with Crippen molar-refractivity contribution in [3.63, 3.8) is 0 Å². The molecular weight excluding hydrogens is 214 g/mol. The zero-order valence-electron chi connectivity index (χ0n) is 9.31. The van der Waals surface area contributed by atoms with Crippen molar-refractivity contribution in [1.29, 1.82) is 0 Å². The van der Waals surface area contributed by atoms with Crippen molar-refractivity contribution < 1.29 is 13.2 Å². The van der Waals surface area contributed by atoms with Crippen LogP contribution in [0.15, 0.2) is 0 Å². The Morgan fingerprint density at radius 3 is 2.40 bits per heavy atom. The second-order valence-electron chi connectivity index (χ2n) is 4.25. The molecule has 1 fully saturated rings. The van der Waals surface area contributed by atoms with Gasteiger partial charge in [0.1, 0.15) is 0 Å². The van der Waals surface area contributed by atoms with E-state index in [-0.39, 0.29) is 17.0 Å². The predicted octanol–water partition coefficient (Wildman–Crippen LogP) is 0.708. The van der Waals surface area contributed by atoms with Gasteiger partial charge in [0.25, 0.3) is 0 Å². The molecule has 0 radical (unpaired) electrons. The molecule has 1 aliphatic rings. The zero-order chi connectivity index (χ0) is 11.3. The lowest BCUT2D eigenvalue weighted by molar-refractivity contribution is 0.199. The van der Waals surface area contributed by atoms with E-state index in [9.17, 15) is 8.42 Å². The summed E-state index contributed by atoms with van der Waals surface area (Å²) in [5.74, 6) is 0.251. The van der Waals surface area contributed by atoms with Crippen molar-refractivity contribution in [2.45, 2.75) is 43.4 Å². The summed E-state index contributed by atoms with van der Waals surface area (Å²) in [5.41, 5.74) is 5.75. The summed E-state index contributed by atoms with van der Waals surface area (Å²) in [7, 11) is -1.33. The molecule has 1 aliphatic carbocycles. The molecule has 2 N–H and O–H groups in total. The molecule has 5 heteroatoms. The molecule has 0 aromatic carbocycles. The monoisotopic (exact) mass is 235 g/mol. The Morgan fingerprint density at radius 2 is 1.87 bits per heavy atom. The van der Waals surface area contributed by atoms with Gasteiger partial charge in [0, 0.05) is 19.8 Å². The summed E-state index contributed by atoms with van der Waals surface area (Å²) in [6, 6.07) is 0.204. The number of hydrogen-bond acceptors (Lipinski definition) is 4. The van der Waals surface area contributed by atoms with Gasteiger partial charge in [-0.1, -0.05) is 0 Å². The van der Waals surface area contributed by atoms with Crippen molar-refractivity contribution >= 4 is 9.84 Å². The maximum atomic E-state index is 11.9. The van der Waals surface area contributed by atoms with Crippen LogP contribution in [-0.4, -0.2) is 39.2 Å². The summed E-state index contributed by atoms with van der Waals surface area (Å²) in [6.45, 7) is 0.519. The largest absolute Gasteiger partial charge is 0.385 e. The van der Waals surface area contributed by atoms with E-state index >= 15 is 0 Å². The average molecular weight is 235 g/mol. The lowest BCUT2D eigenvalue weighted by Crippen LogP contribution is -2.34. The van der Waals surface area contributed by atoms with Gasteiger partial charge in [0.15, 0.2) is 9.84 Å². The van der Waals surface area contributed by atoms with E-state index in [1.54, 1.807) is 7.11 Å². The second-order valence-corrected chi connectivity index (χ2v) is 6.65. The highest BCUT2D eigenvalue weighted by molar-refractivity contribution is 7.92. The molecule has 0 saturated heterocycles. The van der Waals surface area contributed by atoms with Gasteiger partial charge in [-0.05, 0) is 32.1 Å². The van der Waals surface area contributed by atoms with Gasteiger partial charge >= 0.3 is 0 Å². The molecule has 1 rings (SSSR count). The Labute approximate surface area is 92.1 Å². The smallest absolute Gasteiger partial charge is 0.153 e. The van der Waals surface area contributed by atoms with Crippen LogP contribution in [0.1, 0.15) is 32.1 Å². The predicted molar refractivity (Wildman–Crippen MR) is 60.5 cm³/mol. The first-order chi connectivity index (χ1) is 7.06. The van der Waals surface area contributed by atoms with Crippen LogP contribution in [0.3, 0.4) is 0 Å². The Hall–Kier alpha value is -0.130. The fourth-order valence-electron chi connectivity index (χ4n) is 2.02. The van der Waals surface area contributed by atoms with Gasteiger partial charge in [-0.25, -0.2) is 8.42 Å². The minimum atomic E-state index is -2.91. The maximum Gasteiger partial charge on any atom is 0.153 e. The number of methoxy groups -OCH3 is 1. The molecule has 0 amide bonds. The minimum absolute atomic E-state index is 0.158. The number of ether oxygens (including phenoxy) is 1. The van der Waals surface area contributed by atoms with Crippen LogP contribution in [0.4, 0.5) is 0 Å². The molecule has 0 aromatic rings. The van der Waals surface area contributed by atoms with E-state index < -0.39 is 9.84 Å². The van der Waals surface area contributed by atoms with Gasteiger partial charge in [-0.2, -0.15) is 0 Å². The first kappa shape index (κ1) is 12.9. The molecule has 90 valence electrons. The van der Waals surface area contributed by atoms with E-state index in [2.05, 4.69) is 0 Å². The normalized spacial score (nSPS) is 27.9. The highest BCUT2D eigenvalue weighted by Crippen LogP contribution is 2.24. The van der Waals surface area contributed by atoms with Gasteiger partial charge in [0.2, 0.25) is 0 Å². The Balaban J connectivity index is 2.40. The van der Waals surface area contributed by atoms with Gasteiger partial charge in [-0.15, -0.1) is 0 Å². The standard InChI is InChI=1S/C10H21NO3S/c1-14-7-2-8-15(12,13)10-5-3-9(11)4-6-10/h9-10H,2-8,11H2,1H3. The van der Waals surface area contributed by atoms with Gasteiger partial charge in [-0.3, -0.25) is 0 Å². The van der Waals surface area contributed by atoms with Crippen LogP contribution in [0.2, 0.25) is 0 Å². The average Bonchev–Trinajstić information content (AvgIpc) is 2.18. The van der Waals surface area contributed by atoms with Crippen molar-refractivity contribution in [3.8, 4) is 0 Å². The van der Waals surface area contributed by atoms with Crippen molar-refractivity contribution in [3.05, 3.63) is 0 Å². The third kappa shape index (κ3) is 4.09. The molecule has 15 heavy (non-hydrogen) atoms. The quantitative estimate of drug-likeness (QED) is 0.712. The van der Waals surface area contributed by atoms with E-state index in [4.69, 9.17) is 10.5 Å². The number of nitrogens with two attached hydrogens (primary N) is 1.